The average Bonchev–Trinajstić information content (AvgIpc) is 2.72. The first-order valence-electron chi connectivity index (χ1n) is 8.73. The predicted octanol–water partition coefficient (Wildman–Crippen LogP) is 4.88. The van der Waals surface area contributed by atoms with Crippen LogP contribution in [0.5, 0.6) is 0 Å². The number of para-hydroxylation sites is 1. The predicted molar refractivity (Wildman–Crippen MR) is 104 cm³/mol. The van der Waals surface area contributed by atoms with Crippen LogP contribution in [0.2, 0.25) is 0 Å². The maximum absolute atomic E-state index is 12.8. The van der Waals surface area contributed by atoms with E-state index in [0.717, 1.165) is 29.8 Å². The fraction of sp³-hybridized carbons (Fsp3) is 0.0909. The first-order valence-corrected chi connectivity index (χ1v) is 8.73. The van der Waals surface area contributed by atoms with Crippen molar-refractivity contribution >= 4 is 23.2 Å². The van der Waals surface area contributed by atoms with E-state index in [1.165, 1.54) is 4.90 Å². The number of halogens is 3. The number of hydrogen-bond acceptors (Lipinski definition) is 2. The van der Waals surface area contributed by atoms with Crippen molar-refractivity contribution in [1.82, 2.24) is 0 Å². The minimum absolute atomic E-state index is 0.101. The summed E-state index contributed by atoms with van der Waals surface area (Å²) in [4.78, 5) is 26.6. The van der Waals surface area contributed by atoms with Crippen LogP contribution in [-0.2, 0) is 22.3 Å². The highest BCUT2D eigenvalue weighted by Gasteiger charge is 2.30. The van der Waals surface area contributed by atoms with Crippen molar-refractivity contribution in [2.45, 2.75) is 12.7 Å². The molecule has 3 rings (SSSR count). The van der Waals surface area contributed by atoms with Gasteiger partial charge in [0.15, 0.2) is 0 Å². The van der Waals surface area contributed by atoms with Crippen molar-refractivity contribution in [2.24, 2.45) is 0 Å². The van der Waals surface area contributed by atoms with E-state index in [1.807, 2.05) is 30.3 Å². The molecule has 3 aromatic carbocycles. The van der Waals surface area contributed by atoms with Gasteiger partial charge in [-0.2, -0.15) is 13.2 Å². The summed E-state index contributed by atoms with van der Waals surface area (Å²) in [5.41, 5.74) is 0.622. The van der Waals surface area contributed by atoms with E-state index in [0.29, 0.717) is 5.69 Å². The molecule has 0 aliphatic heterocycles. The maximum Gasteiger partial charge on any atom is 0.416 e. The Hall–Kier alpha value is -3.61. The second-order valence-corrected chi connectivity index (χ2v) is 6.24. The lowest BCUT2D eigenvalue weighted by atomic mass is 10.2. The van der Waals surface area contributed by atoms with Gasteiger partial charge in [0, 0.05) is 11.4 Å². The Morgan fingerprint density at radius 3 is 1.90 bits per heavy atom. The minimum atomic E-state index is -4.47. The summed E-state index contributed by atoms with van der Waals surface area (Å²) in [6.45, 7) is 0.171. The monoisotopic (exact) mass is 398 g/mol. The molecular formula is C22H17F3N2O2. The Balaban J connectivity index is 1.79. The molecule has 0 heterocycles. The van der Waals surface area contributed by atoms with Crippen molar-refractivity contribution < 1.29 is 22.8 Å². The number of carbonyl (C=O) groups is 2. The van der Waals surface area contributed by atoms with Crippen LogP contribution in [0.25, 0.3) is 0 Å². The first kappa shape index (κ1) is 20.1. The Morgan fingerprint density at radius 1 is 0.793 bits per heavy atom. The fourth-order valence-corrected chi connectivity index (χ4v) is 2.70. The maximum atomic E-state index is 12.8. The molecule has 0 saturated carbocycles. The topological polar surface area (TPSA) is 49.4 Å². The van der Waals surface area contributed by atoms with Gasteiger partial charge in [0.25, 0.3) is 0 Å². The molecular weight excluding hydrogens is 381 g/mol. The third-order valence-corrected chi connectivity index (χ3v) is 4.16. The normalized spacial score (nSPS) is 11.0. The quantitative estimate of drug-likeness (QED) is 0.637. The number of rotatable bonds is 4. The Labute approximate surface area is 165 Å². The standard InChI is InChI=1S/C22H17F3N2O2/c23-22(24,25)17-11-13-18(14-12-17)26-20(28)21(29)27(19-9-5-2-6-10-19)15-16-7-3-1-4-8-16/h1-14H,15H2,(H,26,28). The van der Waals surface area contributed by atoms with Gasteiger partial charge in [0.2, 0.25) is 0 Å². The van der Waals surface area contributed by atoms with Crippen LogP contribution in [0, 0.1) is 0 Å². The van der Waals surface area contributed by atoms with E-state index in [-0.39, 0.29) is 12.2 Å². The zero-order valence-electron chi connectivity index (χ0n) is 15.2. The number of anilines is 2. The van der Waals surface area contributed by atoms with Crippen molar-refractivity contribution in [3.8, 4) is 0 Å². The molecule has 2 amide bonds. The van der Waals surface area contributed by atoms with Gasteiger partial charge >= 0.3 is 18.0 Å². The van der Waals surface area contributed by atoms with Crippen LogP contribution in [0.1, 0.15) is 11.1 Å². The summed E-state index contributed by atoms with van der Waals surface area (Å²) >= 11 is 0. The van der Waals surface area contributed by atoms with Crippen LogP contribution >= 0.6 is 0 Å². The number of amides is 2. The number of alkyl halides is 3. The van der Waals surface area contributed by atoms with Crippen molar-refractivity contribution in [3.05, 3.63) is 96.1 Å². The van der Waals surface area contributed by atoms with E-state index in [9.17, 15) is 22.8 Å². The summed E-state index contributed by atoms with van der Waals surface area (Å²) in [5, 5.41) is 2.36. The average molecular weight is 398 g/mol. The Bertz CT molecular complexity index is 972. The molecule has 0 bridgehead atoms. The lowest BCUT2D eigenvalue weighted by Crippen LogP contribution is -2.39. The van der Waals surface area contributed by atoms with E-state index < -0.39 is 23.6 Å². The number of nitrogens with one attached hydrogen (secondary N) is 1. The highest BCUT2D eigenvalue weighted by atomic mass is 19.4. The number of carbonyl (C=O) groups excluding carboxylic acids is 2. The minimum Gasteiger partial charge on any atom is -0.318 e. The summed E-state index contributed by atoms with van der Waals surface area (Å²) in [5.74, 6) is -1.76. The van der Waals surface area contributed by atoms with Gasteiger partial charge < -0.3 is 5.32 Å². The van der Waals surface area contributed by atoms with Gasteiger partial charge in [-0.25, -0.2) is 0 Å². The molecule has 0 atom stereocenters. The lowest BCUT2D eigenvalue weighted by Gasteiger charge is -2.22. The second-order valence-electron chi connectivity index (χ2n) is 6.24. The number of hydrogen-bond donors (Lipinski definition) is 1. The summed E-state index contributed by atoms with van der Waals surface area (Å²) < 4.78 is 38.0. The van der Waals surface area contributed by atoms with Crippen molar-refractivity contribution in [1.29, 1.82) is 0 Å². The van der Waals surface area contributed by atoms with Crippen LogP contribution in [0.3, 0.4) is 0 Å². The molecule has 0 spiro atoms. The van der Waals surface area contributed by atoms with Crippen molar-refractivity contribution in [3.63, 3.8) is 0 Å². The third kappa shape index (κ3) is 5.22. The van der Waals surface area contributed by atoms with E-state index >= 15 is 0 Å². The molecule has 0 unspecified atom stereocenters. The first-order chi connectivity index (χ1) is 13.8. The lowest BCUT2D eigenvalue weighted by molar-refractivity contribution is -0.137. The highest BCUT2D eigenvalue weighted by molar-refractivity contribution is 6.44. The van der Waals surface area contributed by atoms with Crippen LogP contribution in [0.4, 0.5) is 24.5 Å². The molecule has 1 N–H and O–H groups in total. The Morgan fingerprint density at radius 2 is 1.34 bits per heavy atom. The van der Waals surface area contributed by atoms with Crippen LogP contribution < -0.4 is 10.2 Å². The second kappa shape index (κ2) is 8.60. The Kier molecular flexibility index (Phi) is 5.97. The van der Waals surface area contributed by atoms with Gasteiger partial charge in [0.1, 0.15) is 0 Å². The SMILES string of the molecule is O=C(Nc1ccc(C(F)(F)F)cc1)C(=O)N(Cc1ccccc1)c1ccccc1. The van der Waals surface area contributed by atoms with Crippen LogP contribution in [-0.4, -0.2) is 11.8 Å². The van der Waals surface area contributed by atoms with Gasteiger partial charge in [-0.3, -0.25) is 14.5 Å². The smallest absolute Gasteiger partial charge is 0.318 e. The van der Waals surface area contributed by atoms with Gasteiger partial charge in [0.05, 0.1) is 12.1 Å². The molecule has 0 aliphatic carbocycles. The van der Waals surface area contributed by atoms with Gasteiger partial charge in [-0.1, -0.05) is 48.5 Å². The van der Waals surface area contributed by atoms with E-state index in [1.54, 1.807) is 30.3 Å². The number of nitrogens with zero attached hydrogens (tertiary/aromatic N) is 1. The summed E-state index contributed by atoms with van der Waals surface area (Å²) in [7, 11) is 0. The molecule has 0 saturated heterocycles. The van der Waals surface area contributed by atoms with Crippen molar-refractivity contribution in [2.75, 3.05) is 10.2 Å². The highest BCUT2D eigenvalue weighted by Crippen LogP contribution is 2.29. The molecule has 0 radical (unpaired) electrons. The molecule has 7 heteroatoms. The van der Waals surface area contributed by atoms with E-state index in [2.05, 4.69) is 5.32 Å². The molecule has 0 aromatic heterocycles. The number of benzene rings is 3. The largest absolute Gasteiger partial charge is 0.416 e. The molecule has 148 valence electrons. The zero-order chi connectivity index (χ0) is 20.9. The van der Waals surface area contributed by atoms with Gasteiger partial charge in [-0.15, -0.1) is 0 Å². The van der Waals surface area contributed by atoms with E-state index in [4.69, 9.17) is 0 Å². The zero-order valence-corrected chi connectivity index (χ0v) is 15.2. The fourth-order valence-electron chi connectivity index (χ4n) is 2.70. The molecule has 0 aliphatic rings. The molecule has 3 aromatic rings. The molecule has 4 nitrogen and oxygen atoms in total. The summed E-state index contributed by atoms with van der Waals surface area (Å²) in [6, 6.07) is 21.7. The molecule has 29 heavy (non-hydrogen) atoms. The van der Waals surface area contributed by atoms with Gasteiger partial charge in [-0.05, 0) is 42.0 Å². The molecule has 0 fully saturated rings. The van der Waals surface area contributed by atoms with Crippen LogP contribution in [0.15, 0.2) is 84.9 Å². The third-order valence-electron chi connectivity index (χ3n) is 4.16. The summed E-state index contributed by atoms with van der Waals surface area (Å²) in [6.07, 6.45) is -4.47.